The Kier molecular flexibility index (Phi) is 7.92. The Morgan fingerprint density at radius 1 is 1.29 bits per heavy atom. The van der Waals surface area contributed by atoms with Crippen LogP contribution in [-0.4, -0.2) is 48.9 Å². The van der Waals surface area contributed by atoms with Gasteiger partial charge in [-0.05, 0) is 50.1 Å². The largest absolute Gasteiger partial charge is 0.462 e. The molecule has 1 amide bonds. The molecule has 4 rings (SSSR count). The van der Waals surface area contributed by atoms with Crippen molar-refractivity contribution in [2.75, 3.05) is 19.7 Å². The quantitative estimate of drug-likeness (QED) is 0.321. The number of nitrogens with zero attached hydrogens (tertiary/aromatic N) is 3. The first kappa shape index (κ1) is 25.8. The molecule has 186 valence electrons. The van der Waals surface area contributed by atoms with Gasteiger partial charge in [-0.1, -0.05) is 29.0 Å². The number of hydrogen-bond donors (Lipinski definition) is 0. The molecule has 12 heteroatoms. The van der Waals surface area contributed by atoms with Gasteiger partial charge in [0.1, 0.15) is 4.21 Å². The fraction of sp³-hybridized carbons (Fsp3) is 0.348. The molecule has 1 aliphatic heterocycles. The molecule has 0 bridgehead atoms. The highest BCUT2D eigenvalue weighted by Crippen LogP contribution is 2.31. The van der Waals surface area contributed by atoms with E-state index in [0.29, 0.717) is 40.6 Å². The molecule has 0 aliphatic carbocycles. The monoisotopic (exact) mass is 553 g/mol. The van der Waals surface area contributed by atoms with Gasteiger partial charge in [0.15, 0.2) is 4.80 Å². The number of carbonyl (C=O) groups is 2. The Hall–Kier alpha value is -2.31. The van der Waals surface area contributed by atoms with Gasteiger partial charge in [-0.3, -0.25) is 4.79 Å². The third-order valence-electron chi connectivity index (χ3n) is 5.59. The lowest BCUT2D eigenvalue weighted by Gasteiger charge is -2.29. The van der Waals surface area contributed by atoms with Crippen molar-refractivity contribution in [1.29, 1.82) is 0 Å². The van der Waals surface area contributed by atoms with Crippen molar-refractivity contribution in [3.05, 3.63) is 57.7 Å². The van der Waals surface area contributed by atoms with Crippen LogP contribution >= 0.6 is 34.3 Å². The topological polar surface area (TPSA) is 98.0 Å². The van der Waals surface area contributed by atoms with E-state index in [4.69, 9.17) is 16.3 Å². The Bertz CT molecular complexity index is 1450. The Morgan fingerprint density at radius 2 is 2.09 bits per heavy atom. The van der Waals surface area contributed by atoms with Gasteiger partial charge in [-0.2, -0.15) is 9.30 Å². The van der Waals surface area contributed by atoms with Gasteiger partial charge in [-0.25, -0.2) is 13.2 Å². The summed E-state index contributed by atoms with van der Waals surface area (Å²) in [7, 11) is -3.72. The Balaban J connectivity index is 1.64. The molecule has 0 radical (unpaired) electrons. The fourth-order valence-electron chi connectivity index (χ4n) is 3.92. The molecule has 2 aromatic heterocycles. The number of allylic oxidation sites excluding steroid dienone is 1. The van der Waals surface area contributed by atoms with Crippen molar-refractivity contribution in [2.45, 2.75) is 30.5 Å². The molecule has 1 unspecified atom stereocenters. The van der Waals surface area contributed by atoms with Gasteiger partial charge < -0.3 is 9.30 Å². The third-order valence-corrected chi connectivity index (χ3v) is 10.2. The van der Waals surface area contributed by atoms with E-state index < -0.39 is 21.9 Å². The van der Waals surface area contributed by atoms with E-state index >= 15 is 0 Å². The number of thiazole rings is 1. The number of benzene rings is 1. The van der Waals surface area contributed by atoms with E-state index in [2.05, 4.69) is 11.6 Å². The van der Waals surface area contributed by atoms with Crippen LogP contribution in [0.5, 0.6) is 0 Å². The minimum Gasteiger partial charge on any atom is -0.462 e. The summed E-state index contributed by atoms with van der Waals surface area (Å²) in [6, 6.07) is 8.24. The molecule has 1 aromatic carbocycles. The van der Waals surface area contributed by atoms with Crippen LogP contribution in [0, 0.1) is 5.92 Å². The number of carbonyl (C=O) groups excluding carboxylic acids is 2. The Labute approximate surface area is 216 Å². The van der Waals surface area contributed by atoms with Crippen LogP contribution in [0.2, 0.25) is 4.34 Å². The van der Waals surface area contributed by atoms with Crippen LogP contribution in [0.1, 0.15) is 30.1 Å². The summed E-state index contributed by atoms with van der Waals surface area (Å²) in [6.45, 7) is 6.65. The summed E-state index contributed by atoms with van der Waals surface area (Å²) in [4.78, 5) is 30.1. The molecule has 0 spiro atoms. The predicted octanol–water partition coefficient (Wildman–Crippen LogP) is 4.31. The van der Waals surface area contributed by atoms with E-state index in [1.54, 1.807) is 37.3 Å². The van der Waals surface area contributed by atoms with Crippen molar-refractivity contribution < 1.29 is 22.7 Å². The summed E-state index contributed by atoms with van der Waals surface area (Å²) in [6.07, 6.45) is 2.82. The van der Waals surface area contributed by atoms with Gasteiger partial charge in [0, 0.05) is 19.6 Å². The molecule has 0 saturated carbocycles. The van der Waals surface area contributed by atoms with Gasteiger partial charge in [0.2, 0.25) is 0 Å². The first-order chi connectivity index (χ1) is 16.7. The lowest BCUT2D eigenvalue weighted by atomic mass is 9.99. The number of halogens is 1. The molecule has 35 heavy (non-hydrogen) atoms. The van der Waals surface area contributed by atoms with Crippen LogP contribution in [0.3, 0.4) is 0 Å². The van der Waals surface area contributed by atoms with Crippen molar-refractivity contribution in [3.63, 3.8) is 0 Å². The zero-order chi connectivity index (χ0) is 25.2. The normalized spacial score (nSPS) is 17.5. The summed E-state index contributed by atoms with van der Waals surface area (Å²) < 4.78 is 35.6. The van der Waals surface area contributed by atoms with Crippen molar-refractivity contribution in [3.8, 4) is 0 Å². The second-order valence-corrected chi connectivity index (χ2v) is 12.8. The molecule has 8 nitrogen and oxygen atoms in total. The maximum atomic E-state index is 13.2. The minimum absolute atomic E-state index is 0.0690. The highest BCUT2D eigenvalue weighted by atomic mass is 35.5. The summed E-state index contributed by atoms with van der Waals surface area (Å²) >= 11 is 8.21. The number of rotatable bonds is 7. The second-order valence-electron chi connectivity index (χ2n) is 7.90. The SMILES string of the molecule is C=CCn1c(=NC(=O)C2CCCN(S(=O)(=O)c3ccc(Cl)s3)C2)sc2cc(C(=O)OCC)ccc21. The van der Waals surface area contributed by atoms with E-state index in [1.807, 2.05) is 4.57 Å². The fourth-order valence-corrected chi connectivity index (χ4v) is 8.16. The molecule has 1 atom stereocenters. The molecular weight excluding hydrogens is 530 g/mol. The second kappa shape index (κ2) is 10.8. The highest BCUT2D eigenvalue weighted by molar-refractivity contribution is 7.91. The number of aromatic nitrogens is 1. The number of amides is 1. The Morgan fingerprint density at radius 3 is 2.77 bits per heavy atom. The lowest BCUT2D eigenvalue weighted by Crippen LogP contribution is -2.42. The van der Waals surface area contributed by atoms with Crippen LogP contribution in [-0.2, 0) is 26.1 Å². The minimum atomic E-state index is -3.72. The average Bonchev–Trinajstić information content (AvgIpc) is 3.43. The highest BCUT2D eigenvalue weighted by Gasteiger charge is 2.34. The van der Waals surface area contributed by atoms with Crippen LogP contribution in [0.4, 0.5) is 0 Å². The summed E-state index contributed by atoms with van der Waals surface area (Å²) in [5, 5.41) is 0. The van der Waals surface area contributed by atoms with Gasteiger partial charge in [0.25, 0.3) is 15.9 Å². The van der Waals surface area contributed by atoms with Crippen LogP contribution in [0.15, 0.2) is 52.2 Å². The number of ether oxygens (including phenoxy) is 1. The zero-order valence-electron chi connectivity index (χ0n) is 19.0. The zero-order valence-corrected chi connectivity index (χ0v) is 22.2. The van der Waals surface area contributed by atoms with Gasteiger partial charge >= 0.3 is 5.97 Å². The van der Waals surface area contributed by atoms with Crippen molar-refractivity contribution in [2.24, 2.45) is 10.9 Å². The molecule has 1 fully saturated rings. The first-order valence-corrected chi connectivity index (χ1v) is 14.4. The number of fused-ring (bicyclic) bond motifs is 1. The smallest absolute Gasteiger partial charge is 0.338 e. The molecule has 3 aromatic rings. The number of hydrogen-bond acceptors (Lipinski definition) is 7. The number of esters is 1. The molecule has 1 saturated heterocycles. The molecular formula is C23H24ClN3O5S3. The molecule has 3 heterocycles. The predicted molar refractivity (Wildman–Crippen MR) is 137 cm³/mol. The number of piperidine rings is 1. The maximum Gasteiger partial charge on any atom is 0.338 e. The van der Waals surface area contributed by atoms with Crippen LogP contribution in [0.25, 0.3) is 10.2 Å². The van der Waals surface area contributed by atoms with Gasteiger partial charge in [0.05, 0.1) is 32.6 Å². The third kappa shape index (κ3) is 5.44. The van der Waals surface area contributed by atoms with Crippen molar-refractivity contribution >= 4 is 66.4 Å². The number of sulfonamides is 1. The van der Waals surface area contributed by atoms with Gasteiger partial charge in [-0.15, -0.1) is 17.9 Å². The maximum absolute atomic E-state index is 13.2. The standard InChI is InChI=1S/C23H24ClN3O5S3/c1-3-11-27-17-8-7-15(22(29)32-4-2)13-18(17)33-23(27)25-21(28)16-6-5-12-26(14-16)35(30,31)20-10-9-19(24)34-20/h3,7-10,13,16H,1,4-6,11-12,14H2,2H3. The van der Waals surface area contributed by atoms with Crippen LogP contribution < -0.4 is 4.80 Å². The average molecular weight is 554 g/mol. The summed E-state index contributed by atoms with van der Waals surface area (Å²) in [5.74, 6) is -1.33. The number of thiophene rings is 1. The van der Waals surface area contributed by atoms with E-state index in [-0.39, 0.29) is 23.3 Å². The summed E-state index contributed by atoms with van der Waals surface area (Å²) in [5.41, 5.74) is 1.24. The van der Waals surface area contributed by atoms with E-state index in [9.17, 15) is 18.0 Å². The first-order valence-electron chi connectivity index (χ1n) is 11.0. The molecule has 0 N–H and O–H groups in total. The van der Waals surface area contributed by atoms with E-state index in [0.717, 1.165) is 21.6 Å². The lowest BCUT2D eigenvalue weighted by molar-refractivity contribution is -0.122. The van der Waals surface area contributed by atoms with Crippen molar-refractivity contribution in [1.82, 2.24) is 8.87 Å². The molecule has 1 aliphatic rings. The van der Waals surface area contributed by atoms with E-state index in [1.165, 1.54) is 21.7 Å².